The number of carbonyl (C=O) groups is 1. The lowest BCUT2D eigenvalue weighted by atomic mass is 10.1. The first-order chi connectivity index (χ1) is 14.3. The zero-order chi connectivity index (χ0) is 21.6. The first-order valence-electron chi connectivity index (χ1n) is 9.69. The van der Waals surface area contributed by atoms with Crippen molar-refractivity contribution >= 4 is 22.8 Å². The number of aromatic nitrogens is 6. The third-order valence-electron chi connectivity index (χ3n) is 5.04. The van der Waals surface area contributed by atoms with E-state index in [9.17, 15) is 9.59 Å². The van der Waals surface area contributed by atoms with E-state index in [0.29, 0.717) is 22.5 Å². The van der Waals surface area contributed by atoms with Crippen LogP contribution in [0.3, 0.4) is 0 Å². The van der Waals surface area contributed by atoms with E-state index in [0.717, 1.165) is 16.8 Å². The molecule has 0 spiro atoms. The largest absolute Gasteiger partial charge is 0.310 e. The maximum atomic E-state index is 12.7. The minimum absolute atomic E-state index is 0.153. The van der Waals surface area contributed by atoms with E-state index >= 15 is 0 Å². The summed E-state index contributed by atoms with van der Waals surface area (Å²) in [4.78, 5) is 32.3. The Labute approximate surface area is 172 Å². The number of benzene rings is 1. The van der Waals surface area contributed by atoms with Crippen LogP contribution in [0, 0.1) is 26.7 Å². The van der Waals surface area contributed by atoms with E-state index in [-0.39, 0.29) is 23.3 Å². The fraction of sp³-hybridized carbons (Fsp3) is 0.286. The van der Waals surface area contributed by atoms with E-state index < -0.39 is 0 Å². The molecule has 30 heavy (non-hydrogen) atoms. The molecule has 154 valence electrons. The summed E-state index contributed by atoms with van der Waals surface area (Å²) < 4.78 is 3.08. The van der Waals surface area contributed by atoms with Gasteiger partial charge in [0.25, 0.3) is 5.56 Å². The molecule has 0 aliphatic rings. The summed E-state index contributed by atoms with van der Waals surface area (Å²) in [6, 6.07) is 7.62. The Morgan fingerprint density at radius 2 is 1.93 bits per heavy atom. The molecule has 1 aromatic carbocycles. The Hall–Kier alpha value is -3.75. The smallest absolute Gasteiger partial charge is 0.263 e. The number of anilines is 1. The minimum Gasteiger partial charge on any atom is -0.310 e. The van der Waals surface area contributed by atoms with Gasteiger partial charge in [0.05, 0.1) is 17.6 Å². The SMILES string of the molecule is Cc1cc(NC(=O)C(C)C)n(-c2nc3c(cnn3-c3cccc(C)c3C)c(=O)[nH]2)n1. The lowest BCUT2D eigenvalue weighted by Crippen LogP contribution is -2.21. The molecule has 1 amide bonds. The van der Waals surface area contributed by atoms with Crippen LogP contribution in [-0.2, 0) is 4.79 Å². The van der Waals surface area contributed by atoms with Crippen LogP contribution in [0.15, 0.2) is 35.3 Å². The van der Waals surface area contributed by atoms with E-state index in [1.165, 1.54) is 10.9 Å². The third-order valence-corrected chi connectivity index (χ3v) is 5.04. The third kappa shape index (κ3) is 3.28. The number of amides is 1. The molecule has 0 fully saturated rings. The van der Waals surface area contributed by atoms with Crippen molar-refractivity contribution in [3.05, 3.63) is 57.6 Å². The van der Waals surface area contributed by atoms with Gasteiger partial charge in [-0.05, 0) is 38.0 Å². The lowest BCUT2D eigenvalue weighted by Gasteiger charge is -2.11. The van der Waals surface area contributed by atoms with Crippen molar-refractivity contribution in [2.24, 2.45) is 5.92 Å². The highest BCUT2D eigenvalue weighted by molar-refractivity contribution is 5.91. The number of aromatic amines is 1. The van der Waals surface area contributed by atoms with Gasteiger partial charge in [-0.25, -0.2) is 4.68 Å². The van der Waals surface area contributed by atoms with Gasteiger partial charge in [-0.2, -0.15) is 19.9 Å². The second-order valence-corrected chi connectivity index (χ2v) is 7.63. The lowest BCUT2D eigenvalue weighted by molar-refractivity contribution is -0.118. The van der Waals surface area contributed by atoms with Crippen LogP contribution in [0.5, 0.6) is 0 Å². The van der Waals surface area contributed by atoms with Crippen LogP contribution in [0.2, 0.25) is 0 Å². The van der Waals surface area contributed by atoms with Crippen LogP contribution in [0.4, 0.5) is 5.82 Å². The van der Waals surface area contributed by atoms with Gasteiger partial charge < -0.3 is 5.32 Å². The second-order valence-electron chi connectivity index (χ2n) is 7.63. The Kier molecular flexibility index (Phi) is 4.73. The average Bonchev–Trinajstić information content (AvgIpc) is 3.27. The van der Waals surface area contributed by atoms with Gasteiger partial charge in [0, 0.05) is 12.0 Å². The first-order valence-corrected chi connectivity index (χ1v) is 9.69. The molecule has 9 nitrogen and oxygen atoms in total. The van der Waals surface area contributed by atoms with Crippen molar-refractivity contribution in [3.8, 4) is 11.6 Å². The van der Waals surface area contributed by atoms with Crippen LogP contribution in [0.1, 0.15) is 30.7 Å². The molecule has 0 saturated heterocycles. The van der Waals surface area contributed by atoms with Crippen molar-refractivity contribution < 1.29 is 4.79 Å². The van der Waals surface area contributed by atoms with Crippen molar-refractivity contribution in [1.29, 1.82) is 0 Å². The van der Waals surface area contributed by atoms with Crippen molar-refractivity contribution in [2.45, 2.75) is 34.6 Å². The Bertz CT molecular complexity index is 1330. The predicted octanol–water partition coefficient (Wildman–Crippen LogP) is 2.81. The summed E-state index contributed by atoms with van der Waals surface area (Å²) in [6.45, 7) is 9.43. The zero-order valence-corrected chi connectivity index (χ0v) is 17.5. The van der Waals surface area contributed by atoms with Gasteiger partial charge in [0.1, 0.15) is 11.2 Å². The first kappa shape index (κ1) is 19.6. The molecule has 0 saturated carbocycles. The monoisotopic (exact) mass is 405 g/mol. The highest BCUT2D eigenvalue weighted by Gasteiger charge is 2.18. The average molecular weight is 405 g/mol. The molecular weight excluding hydrogens is 382 g/mol. The quantitative estimate of drug-likeness (QED) is 0.542. The zero-order valence-electron chi connectivity index (χ0n) is 17.5. The second kappa shape index (κ2) is 7.25. The summed E-state index contributed by atoms with van der Waals surface area (Å²) in [5.41, 5.74) is 3.77. The van der Waals surface area contributed by atoms with Gasteiger partial charge in [-0.3, -0.25) is 14.6 Å². The van der Waals surface area contributed by atoms with E-state index in [4.69, 9.17) is 0 Å². The van der Waals surface area contributed by atoms with Crippen LogP contribution >= 0.6 is 0 Å². The Morgan fingerprint density at radius 1 is 1.17 bits per heavy atom. The topological polar surface area (TPSA) is 110 Å². The summed E-state index contributed by atoms with van der Waals surface area (Å²) in [7, 11) is 0. The van der Waals surface area contributed by atoms with Crippen LogP contribution in [0.25, 0.3) is 22.7 Å². The minimum atomic E-state index is -0.333. The molecule has 3 heterocycles. The number of hydrogen-bond acceptors (Lipinski definition) is 5. The Balaban J connectivity index is 1.90. The number of nitrogens with zero attached hydrogens (tertiary/aromatic N) is 5. The molecular formula is C21H23N7O2. The van der Waals surface area contributed by atoms with Crippen molar-refractivity contribution in [1.82, 2.24) is 29.5 Å². The van der Waals surface area contributed by atoms with E-state index in [2.05, 4.69) is 25.5 Å². The van der Waals surface area contributed by atoms with Gasteiger partial charge in [0.15, 0.2) is 5.65 Å². The molecule has 9 heteroatoms. The number of H-pyrrole nitrogens is 1. The molecule has 2 N–H and O–H groups in total. The van der Waals surface area contributed by atoms with Gasteiger partial charge >= 0.3 is 0 Å². The number of fused-ring (bicyclic) bond motifs is 1. The van der Waals surface area contributed by atoms with Crippen LogP contribution < -0.4 is 10.9 Å². The molecule has 0 unspecified atom stereocenters. The Morgan fingerprint density at radius 3 is 2.67 bits per heavy atom. The molecule has 4 rings (SSSR count). The molecule has 3 aromatic heterocycles. The number of carbonyl (C=O) groups excluding carboxylic acids is 1. The van der Waals surface area contributed by atoms with Gasteiger partial charge in [-0.15, -0.1) is 0 Å². The number of aryl methyl sites for hydroxylation is 2. The number of hydrogen-bond donors (Lipinski definition) is 2. The molecule has 0 aliphatic heterocycles. The summed E-state index contributed by atoms with van der Waals surface area (Å²) in [6.07, 6.45) is 1.50. The van der Waals surface area contributed by atoms with E-state index in [1.54, 1.807) is 31.5 Å². The molecule has 4 aromatic rings. The number of rotatable bonds is 4. The van der Waals surface area contributed by atoms with Crippen molar-refractivity contribution in [3.63, 3.8) is 0 Å². The summed E-state index contributed by atoms with van der Waals surface area (Å²) in [5, 5.41) is 12.0. The van der Waals surface area contributed by atoms with E-state index in [1.807, 2.05) is 32.0 Å². The molecule has 0 atom stereocenters. The fourth-order valence-electron chi connectivity index (χ4n) is 3.17. The molecule has 0 aliphatic carbocycles. The normalized spacial score (nSPS) is 11.4. The van der Waals surface area contributed by atoms with Crippen LogP contribution in [-0.4, -0.2) is 35.4 Å². The molecule has 0 radical (unpaired) electrons. The predicted molar refractivity (Wildman–Crippen MR) is 114 cm³/mol. The highest BCUT2D eigenvalue weighted by Crippen LogP contribution is 2.21. The molecule has 0 bridgehead atoms. The van der Waals surface area contributed by atoms with Gasteiger partial charge in [-0.1, -0.05) is 26.0 Å². The maximum Gasteiger partial charge on any atom is 0.263 e. The van der Waals surface area contributed by atoms with Crippen molar-refractivity contribution in [2.75, 3.05) is 5.32 Å². The fourth-order valence-corrected chi connectivity index (χ4v) is 3.17. The van der Waals surface area contributed by atoms with Gasteiger partial charge in [0.2, 0.25) is 11.9 Å². The highest BCUT2D eigenvalue weighted by atomic mass is 16.2. The summed E-state index contributed by atoms with van der Waals surface area (Å²) >= 11 is 0. The standard InChI is InChI=1S/C21H23N7O2/c1-11(2)19(29)23-17-9-13(4)26-28(17)21-24-18-15(20(30)25-21)10-22-27(18)16-8-6-7-12(3)14(16)5/h6-11H,1-5H3,(H,23,29)(H,24,25,30). The number of nitrogens with one attached hydrogen (secondary N) is 2. The maximum absolute atomic E-state index is 12.7. The summed E-state index contributed by atoms with van der Waals surface area (Å²) in [5.74, 6) is 0.284.